The zero-order chi connectivity index (χ0) is 23.3. The van der Waals surface area contributed by atoms with Crippen LogP contribution in [0, 0.1) is 18.8 Å². The SMILES string of the molecule is Cc1nccn1CCNC(=O)CCC[C@@H]1[C@H]2CCCN3CCC[C@@H](CN1Cc1cccnc1)[C@@H]23. The van der Waals surface area contributed by atoms with E-state index in [9.17, 15) is 4.79 Å². The fourth-order valence-corrected chi connectivity index (χ4v) is 6.90. The summed E-state index contributed by atoms with van der Waals surface area (Å²) in [7, 11) is 0. The Balaban J connectivity index is 1.19. The molecule has 2 aromatic rings. The maximum atomic E-state index is 12.5. The number of pyridine rings is 1. The molecule has 1 amide bonds. The number of aryl methyl sites for hydroxylation is 1. The summed E-state index contributed by atoms with van der Waals surface area (Å²) in [6.45, 7) is 8.17. The zero-order valence-corrected chi connectivity index (χ0v) is 20.6. The Morgan fingerprint density at radius 2 is 2.09 bits per heavy atom. The van der Waals surface area contributed by atoms with Gasteiger partial charge in [-0.25, -0.2) is 4.98 Å². The molecule has 3 saturated heterocycles. The number of amides is 1. The van der Waals surface area contributed by atoms with Crippen molar-refractivity contribution in [2.24, 2.45) is 11.8 Å². The maximum absolute atomic E-state index is 12.5. The third kappa shape index (κ3) is 5.36. The number of likely N-dealkylation sites (tertiary alicyclic amines) is 1. The third-order valence-electron chi connectivity index (χ3n) is 8.39. The fourth-order valence-electron chi connectivity index (χ4n) is 6.90. The van der Waals surface area contributed by atoms with Gasteiger partial charge in [-0.3, -0.25) is 19.6 Å². The second kappa shape index (κ2) is 11.0. The van der Waals surface area contributed by atoms with Crippen molar-refractivity contribution in [3.63, 3.8) is 0 Å². The Labute approximate surface area is 203 Å². The molecule has 0 aliphatic carbocycles. The molecule has 34 heavy (non-hydrogen) atoms. The predicted octanol–water partition coefficient (Wildman–Crippen LogP) is 3.25. The minimum atomic E-state index is 0.174. The molecule has 0 saturated carbocycles. The largest absolute Gasteiger partial charge is 0.354 e. The number of hydrogen-bond donors (Lipinski definition) is 1. The van der Waals surface area contributed by atoms with Crippen molar-refractivity contribution in [3.8, 4) is 0 Å². The molecular weight excluding hydrogens is 424 g/mol. The average molecular weight is 465 g/mol. The molecule has 7 heteroatoms. The van der Waals surface area contributed by atoms with Gasteiger partial charge in [-0.1, -0.05) is 6.07 Å². The number of carbonyl (C=O) groups is 1. The number of nitrogens with one attached hydrogen (secondary N) is 1. The van der Waals surface area contributed by atoms with E-state index in [1.54, 1.807) is 0 Å². The molecule has 0 aromatic carbocycles. The van der Waals surface area contributed by atoms with E-state index < -0.39 is 0 Å². The lowest BCUT2D eigenvalue weighted by molar-refractivity contribution is -0.121. The summed E-state index contributed by atoms with van der Waals surface area (Å²) in [6.07, 6.45) is 15.7. The van der Waals surface area contributed by atoms with E-state index in [-0.39, 0.29) is 5.91 Å². The molecule has 0 bridgehead atoms. The van der Waals surface area contributed by atoms with Crippen LogP contribution in [0.2, 0.25) is 0 Å². The first-order chi connectivity index (χ1) is 16.7. The average Bonchev–Trinajstić information content (AvgIpc) is 3.26. The highest BCUT2D eigenvalue weighted by Gasteiger charge is 2.48. The smallest absolute Gasteiger partial charge is 0.220 e. The minimum absolute atomic E-state index is 0.174. The quantitative estimate of drug-likeness (QED) is 0.617. The first-order valence-electron chi connectivity index (χ1n) is 13.3. The summed E-state index contributed by atoms with van der Waals surface area (Å²) in [6, 6.07) is 5.57. The first-order valence-corrected chi connectivity index (χ1v) is 13.3. The summed E-state index contributed by atoms with van der Waals surface area (Å²) in [4.78, 5) is 26.7. The molecule has 3 fully saturated rings. The van der Waals surface area contributed by atoms with Gasteiger partial charge in [-0.15, -0.1) is 0 Å². The molecule has 3 aliphatic rings. The molecule has 5 rings (SSSR count). The lowest BCUT2D eigenvalue weighted by Crippen LogP contribution is -2.64. The third-order valence-corrected chi connectivity index (χ3v) is 8.39. The Bertz CT molecular complexity index is 928. The molecule has 3 aliphatic heterocycles. The first kappa shape index (κ1) is 23.5. The van der Waals surface area contributed by atoms with Crippen LogP contribution in [0.25, 0.3) is 0 Å². The van der Waals surface area contributed by atoms with Gasteiger partial charge in [0.15, 0.2) is 0 Å². The maximum Gasteiger partial charge on any atom is 0.220 e. The van der Waals surface area contributed by atoms with Crippen LogP contribution in [0.4, 0.5) is 0 Å². The summed E-state index contributed by atoms with van der Waals surface area (Å²) in [5.74, 6) is 2.69. The van der Waals surface area contributed by atoms with Crippen molar-refractivity contribution in [2.45, 2.75) is 77.0 Å². The fraction of sp³-hybridized carbons (Fsp3) is 0.667. The van der Waals surface area contributed by atoms with Crippen LogP contribution in [0.15, 0.2) is 36.9 Å². The topological polar surface area (TPSA) is 66.3 Å². The summed E-state index contributed by atoms with van der Waals surface area (Å²) in [5.41, 5.74) is 1.31. The Morgan fingerprint density at radius 1 is 1.21 bits per heavy atom. The van der Waals surface area contributed by atoms with Gasteiger partial charge in [-0.2, -0.15) is 0 Å². The highest BCUT2D eigenvalue weighted by Crippen LogP contribution is 2.43. The summed E-state index contributed by atoms with van der Waals surface area (Å²) in [5, 5.41) is 3.11. The van der Waals surface area contributed by atoms with E-state index in [1.807, 2.05) is 31.7 Å². The van der Waals surface area contributed by atoms with Crippen molar-refractivity contribution < 1.29 is 4.79 Å². The lowest BCUT2D eigenvalue weighted by atomic mass is 9.69. The van der Waals surface area contributed by atoms with E-state index in [1.165, 1.54) is 50.9 Å². The normalized spacial score (nSPS) is 27.3. The molecule has 7 nitrogen and oxygen atoms in total. The van der Waals surface area contributed by atoms with E-state index in [2.05, 4.69) is 41.8 Å². The van der Waals surface area contributed by atoms with Crippen molar-refractivity contribution >= 4 is 5.91 Å². The number of nitrogens with zero attached hydrogens (tertiary/aromatic N) is 5. The lowest BCUT2D eigenvalue weighted by Gasteiger charge is -2.57. The molecule has 2 aromatic heterocycles. The van der Waals surface area contributed by atoms with Crippen LogP contribution in [0.3, 0.4) is 0 Å². The summed E-state index contributed by atoms with van der Waals surface area (Å²) < 4.78 is 2.08. The predicted molar refractivity (Wildman–Crippen MR) is 133 cm³/mol. The Hall–Kier alpha value is -2.25. The van der Waals surface area contributed by atoms with Crippen molar-refractivity contribution in [2.75, 3.05) is 26.2 Å². The van der Waals surface area contributed by atoms with Crippen molar-refractivity contribution in [1.29, 1.82) is 0 Å². The van der Waals surface area contributed by atoms with Gasteiger partial charge < -0.3 is 9.88 Å². The number of carbonyl (C=O) groups excluding carboxylic acids is 1. The number of rotatable bonds is 9. The van der Waals surface area contributed by atoms with Gasteiger partial charge in [0.1, 0.15) is 5.82 Å². The van der Waals surface area contributed by atoms with Gasteiger partial charge in [0.05, 0.1) is 0 Å². The molecule has 0 spiro atoms. The van der Waals surface area contributed by atoms with Crippen molar-refractivity contribution in [3.05, 3.63) is 48.3 Å². The van der Waals surface area contributed by atoms with Crippen LogP contribution in [0.1, 0.15) is 56.3 Å². The minimum Gasteiger partial charge on any atom is -0.354 e. The van der Waals surface area contributed by atoms with Gasteiger partial charge >= 0.3 is 0 Å². The Kier molecular flexibility index (Phi) is 7.60. The molecule has 0 radical (unpaired) electrons. The monoisotopic (exact) mass is 464 g/mol. The van der Waals surface area contributed by atoms with Crippen LogP contribution >= 0.6 is 0 Å². The van der Waals surface area contributed by atoms with Crippen LogP contribution < -0.4 is 5.32 Å². The molecule has 184 valence electrons. The van der Waals surface area contributed by atoms with Gasteiger partial charge in [0, 0.05) is 69.5 Å². The van der Waals surface area contributed by atoms with Crippen molar-refractivity contribution in [1.82, 2.24) is 29.7 Å². The van der Waals surface area contributed by atoms with Crippen LogP contribution in [-0.4, -0.2) is 68.5 Å². The van der Waals surface area contributed by atoms with Gasteiger partial charge in [0.25, 0.3) is 0 Å². The molecule has 0 unspecified atom stereocenters. The highest BCUT2D eigenvalue weighted by molar-refractivity contribution is 5.75. The number of imidazole rings is 1. The number of piperidine rings is 3. The van der Waals surface area contributed by atoms with E-state index >= 15 is 0 Å². The molecular formula is C27H40N6O. The van der Waals surface area contributed by atoms with E-state index in [0.717, 1.165) is 49.6 Å². The number of hydrogen-bond acceptors (Lipinski definition) is 5. The van der Waals surface area contributed by atoms with E-state index in [0.29, 0.717) is 19.0 Å². The zero-order valence-electron chi connectivity index (χ0n) is 20.6. The standard InChI is InChI=1S/C27H40N6O/c1-21-29-12-16-31(21)17-13-30-26(34)10-2-9-25-24-8-5-15-32-14-4-7-23(27(24)32)20-33(25)19-22-6-3-11-28-18-22/h3,6,11-12,16,18,23-25,27H,2,4-5,7-10,13-15,17,19-20H2,1H3,(H,30,34)/t23-,24+,25+,27-/m0/s1. The second-order valence-corrected chi connectivity index (χ2v) is 10.5. The van der Waals surface area contributed by atoms with Crippen LogP contribution in [0.5, 0.6) is 0 Å². The van der Waals surface area contributed by atoms with Gasteiger partial charge in [0.2, 0.25) is 5.91 Å². The molecule has 4 atom stereocenters. The highest BCUT2D eigenvalue weighted by atomic mass is 16.1. The molecule has 5 heterocycles. The Morgan fingerprint density at radius 3 is 2.88 bits per heavy atom. The summed E-state index contributed by atoms with van der Waals surface area (Å²) >= 11 is 0. The number of aromatic nitrogens is 3. The second-order valence-electron chi connectivity index (χ2n) is 10.5. The molecule has 1 N–H and O–H groups in total. The van der Waals surface area contributed by atoms with Gasteiger partial charge in [-0.05, 0) is 82.0 Å². The van der Waals surface area contributed by atoms with Crippen LogP contribution in [-0.2, 0) is 17.9 Å². The van der Waals surface area contributed by atoms with E-state index in [4.69, 9.17) is 0 Å².